The molecule has 1 aliphatic heterocycles. The number of primary amides is 1. The zero-order chi connectivity index (χ0) is 27.0. The van der Waals surface area contributed by atoms with Gasteiger partial charge in [-0.2, -0.15) is 0 Å². The molecule has 2 fully saturated rings. The molecule has 38 heavy (non-hydrogen) atoms. The number of amides is 1. The Morgan fingerprint density at radius 2 is 1.87 bits per heavy atom. The standard InChI is InChI=1S/C20H22FNO.C10H10ClN3O/c1-14-3-6-17(7-4-14)22-12-20(13-22)10-16(11-20)15-5-8-19(23-2)18(21)9-15;1-2-7-9(10(12)15)14-5-6(11)3-4-8(14)13-7/h3-9,16H,10-13H2,1-2H3;3-5H,2H2,1H3,(H2,12,15). The number of anilines is 1. The molecule has 4 aromatic rings. The smallest absolute Gasteiger partial charge is 0.267 e. The van der Waals surface area contributed by atoms with Gasteiger partial charge in [0.05, 0.1) is 17.8 Å². The lowest BCUT2D eigenvalue weighted by molar-refractivity contribution is 0.0632. The number of halogens is 2. The summed E-state index contributed by atoms with van der Waals surface area (Å²) < 4.78 is 20.5. The van der Waals surface area contributed by atoms with Gasteiger partial charge in [-0.3, -0.25) is 9.20 Å². The number of methoxy groups -OCH3 is 1. The third kappa shape index (κ3) is 4.95. The van der Waals surface area contributed by atoms with Crippen molar-refractivity contribution in [3.05, 3.63) is 94.1 Å². The van der Waals surface area contributed by atoms with E-state index in [1.807, 2.05) is 13.0 Å². The number of rotatable bonds is 5. The van der Waals surface area contributed by atoms with E-state index < -0.39 is 5.91 Å². The number of nitrogens with zero attached hydrogens (tertiary/aromatic N) is 3. The van der Waals surface area contributed by atoms with E-state index in [1.165, 1.54) is 31.2 Å². The maximum atomic E-state index is 13.8. The quantitative estimate of drug-likeness (QED) is 0.332. The number of aryl methyl sites for hydroxylation is 2. The van der Waals surface area contributed by atoms with Crippen molar-refractivity contribution in [1.82, 2.24) is 9.38 Å². The minimum Gasteiger partial charge on any atom is -0.494 e. The molecule has 3 heterocycles. The van der Waals surface area contributed by atoms with Crippen molar-refractivity contribution in [3.8, 4) is 5.75 Å². The highest BCUT2D eigenvalue weighted by Crippen LogP contribution is 2.56. The highest BCUT2D eigenvalue weighted by atomic mass is 35.5. The molecule has 6 nitrogen and oxygen atoms in total. The average Bonchev–Trinajstić information content (AvgIpc) is 3.22. The number of hydrogen-bond donors (Lipinski definition) is 1. The number of nitrogens with two attached hydrogens (primary N) is 1. The zero-order valence-corrected chi connectivity index (χ0v) is 22.6. The largest absolute Gasteiger partial charge is 0.494 e. The molecule has 0 atom stereocenters. The molecule has 2 aromatic heterocycles. The van der Waals surface area contributed by atoms with Crippen molar-refractivity contribution >= 4 is 28.8 Å². The van der Waals surface area contributed by atoms with Gasteiger partial charge >= 0.3 is 0 Å². The van der Waals surface area contributed by atoms with Gasteiger partial charge in [-0.05, 0) is 74.1 Å². The summed E-state index contributed by atoms with van der Waals surface area (Å²) in [5.41, 5.74) is 11.3. The van der Waals surface area contributed by atoms with Crippen LogP contribution >= 0.6 is 11.6 Å². The van der Waals surface area contributed by atoms with Crippen LogP contribution in [-0.2, 0) is 6.42 Å². The van der Waals surface area contributed by atoms with Crippen molar-refractivity contribution in [2.45, 2.75) is 39.0 Å². The third-order valence-corrected chi connectivity index (χ3v) is 7.90. The molecule has 1 saturated heterocycles. The summed E-state index contributed by atoms with van der Waals surface area (Å²) >= 11 is 5.85. The lowest BCUT2D eigenvalue weighted by atomic mass is 9.56. The SMILES string of the molecule is CCc1nc2ccc(Cl)cn2c1C(N)=O.COc1ccc(C2CC3(C2)CN(c2ccc(C)cc2)C3)cc1F. The van der Waals surface area contributed by atoms with Crippen LogP contribution < -0.4 is 15.4 Å². The van der Waals surface area contributed by atoms with E-state index in [2.05, 4.69) is 41.1 Å². The highest BCUT2D eigenvalue weighted by Gasteiger charge is 2.52. The van der Waals surface area contributed by atoms with Gasteiger partial charge in [-0.1, -0.05) is 42.3 Å². The Balaban J connectivity index is 0.000000170. The first-order chi connectivity index (χ1) is 18.2. The lowest BCUT2D eigenvalue weighted by Gasteiger charge is -2.60. The Labute approximate surface area is 227 Å². The Bertz CT molecular complexity index is 1470. The molecule has 1 aliphatic carbocycles. The fourth-order valence-corrected chi connectivity index (χ4v) is 5.85. The number of imidazole rings is 1. The van der Waals surface area contributed by atoms with Gasteiger partial charge in [-0.25, -0.2) is 9.37 Å². The molecule has 0 bridgehead atoms. The molecule has 2 N–H and O–H groups in total. The normalized spacial score (nSPS) is 16.0. The monoisotopic (exact) mass is 534 g/mol. The summed E-state index contributed by atoms with van der Waals surface area (Å²) in [4.78, 5) is 18.0. The van der Waals surface area contributed by atoms with Crippen LogP contribution in [0.5, 0.6) is 5.75 Å². The highest BCUT2D eigenvalue weighted by molar-refractivity contribution is 6.30. The maximum Gasteiger partial charge on any atom is 0.267 e. The lowest BCUT2D eigenvalue weighted by Crippen LogP contribution is -2.61. The van der Waals surface area contributed by atoms with Crippen LogP contribution in [-0.4, -0.2) is 35.5 Å². The van der Waals surface area contributed by atoms with Gasteiger partial charge in [0.15, 0.2) is 11.6 Å². The van der Waals surface area contributed by atoms with Crippen molar-refractivity contribution in [3.63, 3.8) is 0 Å². The van der Waals surface area contributed by atoms with E-state index >= 15 is 0 Å². The van der Waals surface area contributed by atoms with Crippen LogP contribution in [0.4, 0.5) is 10.1 Å². The summed E-state index contributed by atoms with van der Waals surface area (Å²) in [6.07, 6.45) is 4.64. The van der Waals surface area contributed by atoms with Gasteiger partial charge < -0.3 is 15.4 Å². The number of carbonyl (C=O) groups excluding carboxylic acids is 1. The Hall–Kier alpha value is -3.58. The first-order valence-corrected chi connectivity index (χ1v) is 13.2. The summed E-state index contributed by atoms with van der Waals surface area (Å²) in [7, 11) is 1.50. The summed E-state index contributed by atoms with van der Waals surface area (Å²) in [6.45, 7) is 6.30. The first-order valence-electron chi connectivity index (χ1n) is 12.8. The second kappa shape index (κ2) is 10.3. The predicted molar refractivity (Wildman–Crippen MR) is 149 cm³/mol. The maximum absolute atomic E-state index is 13.8. The molecule has 1 amide bonds. The number of aromatic nitrogens is 2. The molecule has 8 heteroatoms. The minimum atomic E-state index is -0.485. The van der Waals surface area contributed by atoms with E-state index in [0.717, 1.165) is 18.7 Å². The van der Waals surface area contributed by atoms with Crippen LogP contribution in [0.2, 0.25) is 5.02 Å². The number of fused-ring (bicyclic) bond motifs is 1. The fourth-order valence-electron chi connectivity index (χ4n) is 5.69. The van der Waals surface area contributed by atoms with Crippen LogP contribution in [0.15, 0.2) is 60.8 Å². The van der Waals surface area contributed by atoms with Crippen molar-refractivity contribution in [2.24, 2.45) is 11.1 Å². The molecule has 2 aromatic carbocycles. The van der Waals surface area contributed by atoms with Gasteiger partial charge in [0, 0.05) is 30.4 Å². The summed E-state index contributed by atoms with van der Waals surface area (Å²) in [5, 5.41) is 0.546. The third-order valence-electron chi connectivity index (χ3n) is 7.68. The molecule has 1 spiro atoms. The number of benzene rings is 2. The molecule has 6 rings (SSSR count). The van der Waals surface area contributed by atoms with Gasteiger partial charge in [-0.15, -0.1) is 0 Å². The fraction of sp³-hybridized carbons (Fsp3) is 0.333. The number of ether oxygens (including phenoxy) is 1. The van der Waals surface area contributed by atoms with Crippen LogP contribution in [0, 0.1) is 18.2 Å². The van der Waals surface area contributed by atoms with E-state index in [-0.39, 0.29) is 5.82 Å². The van der Waals surface area contributed by atoms with E-state index in [0.29, 0.717) is 45.6 Å². The number of pyridine rings is 1. The molecular weight excluding hydrogens is 503 g/mol. The van der Waals surface area contributed by atoms with E-state index in [1.54, 1.807) is 34.9 Å². The van der Waals surface area contributed by atoms with Crippen LogP contribution in [0.25, 0.3) is 5.65 Å². The van der Waals surface area contributed by atoms with Crippen LogP contribution in [0.3, 0.4) is 0 Å². The molecule has 1 saturated carbocycles. The van der Waals surface area contributed by atoms with Gasteiger partial charge in [0.25, 0.3) is 5.91 Å². The van der Waals surface area contributed by atoms with Crippen molar-refractivity contribution in [1.29, 1.82) is 0 Å². The Morgan fingerprint density at radius 3 is 2.47 bits per heavy atom. The topological polar surface area (TPSA) is 72.9 Å². The summed E-state index contributed by atoms with van der Waals surface area (Å²) in [5.74, 6) is 0.0926. The number of carbonyl (C=O) groups is 1. The predicted octanol–water partition coefficient (Wildman–Crippen LogP) is 6.18. The second-order valence-electron chi connectivity index (χ2n) is 10.4. The van der Waals surface area contributed by atoms with Crippen LogP contribution in [0.1, 0.15) is 53.0 Å². The zero-order valence-electron chi connectivity index (χ0n) is 21.9. The van der Waals surface area contributed by atoms with Gasteiger partial charge in [0.2, 0.25) is 0 Å². The summed E-state index contributed by atoms with van der Waals surface area (Å²) in [6, 6.07) is 17.6. The van der Waals surface area contributed by atoms with Crippen molar-refractivity contribution < 1.29 is 13.9 Å². The molecule has 2 aliphatic rings. The first kappa shape index (κ1) is 26.0. The molecule has 198 valence electrons. The Kier molecular flexibility index (Phi) is 7.05. The van der Waals surface area contributed by atoms with E-state index in [9.17, 15) is 9.18 Å². The van der Waals surface area contributed by atoms with Gasteiger partial charge in [0.1, 0.15) is 11.3 Å². The minimum absolute atomic E-state index is 0.249. The van der Waals surface area contributed by atoms with E-state index in [4.69, 9.17) is 22.1 Å². The van der Waals surface area contributed by atoms with Crippen molar-refractivity contribution in [2.75, 3.05) is 25.1 Å². The molecule has 0 unspecified atom stereocenters. The Morgan fingerprint density at radius 1 is 1.16 bits per heavy atom. The number of hydrogen-bond acceptors (Lipinski definition) is 4. The second-order valence-corrected chi connectivity index (χ2v) is 10.8. The molecule has 0 radical (unpaired) electrons. The molecular formula is C30H32ClFN4O2. The average molecular weight is 535 g/mol.